The standard InChI is InChI=1S/C16H24N4O/c1-12-7-14(13(2)19(12)3)8-17-15-9-18-20(10-15)11-16-5-4-6-21-16/h7,9-10,16-17H,4-6,8,11H2,1-3H3. The number of aryl methyl sites for hydroxylation is 1. The normalized spacial score (nSPS) is 18.3. The Balaban J connectivity index is 1.58. The fraction of sp³-hybridized carbons (Fsp3) is 0.562. The monoisotopic (exact) mass is 288 g/mol. The van der Waals surface area contributed by atoms with Gasteiger partial charge in [0.15, 0.2) is 0 Å². The van der Waals surface area contributed by atoms with Gasteiger partial charge in [-0.25, -0.2) is 0 Å². The quantitative estimate of drug-likeness (QED) is 0.920. The summed E-state index contributed by atoms with van der Waals surface area (Å²) in [6.45, 7) is 6.87. The first-order chi connectivity index (χ1) is 10.1. The molecule has 1 atom stereocenters. The van der Waals surface area contributed by atoms with E-state index in [1.165, 1.54) is 23.4 Å². The molecule has 5 nitrogen and oxygen atoms in total. The van der Waals surface area contributed by atoms with Crippen LogP contribution < -0.4 is 5.32 Å². The number of hydrogen-bond donors (Lipinski definition) is 1. The Morgan fingerprint density at radius 3 is 2.95 bits per heavy atom. The first-order valence-corrected chi connectivity index (χ1v) is 7.63. The van der Waals surface area contributed by atoms with E-state index in [4.69, 9.17) is 4.74 Å². The van der Waals surface area contributed by atoms with Crippen molar-refractivity contribution in [3.8, 4) is 0 Å². The highest BCUT2D eigenvalue weighted by molar-refractivity contribution is 5.40. The number of rotatable bonds is 5. The third-order valence-corrected chi connectivity index (χ3v) is 4.41. The number of hydrogen-bond acceptors (Lipinski definition) is 3. The lowest BCUT2D eigenvalue weighted by molar-refractivity contribution is 0.0940. The Hall–Kier alpha value is -1.75. The number of ether oxygens (including phenoxy) is 1. The maximum Gasteiger partial charge on any atom is 0.0771 e. The minimum Gasteiger partial charge on any atom is -0.378 e. The SMILES string of the molecule is Cc1cc(CNc2cnn(CC3CCCO3)c2)c(C)n1C. The van der Waals surface area contributed by atoms with Crippen LogP contribution in [0.1, 0.15) is 29.8 Å². The summed E-state index contributed by atoms with van der Waals surface area (Å²) in [6.07, 6.45) is 6.60. The summed E-state index contributed by atoms with van der Waals surface area (Å²) in [6, 6.07) is 2.24. The smallest absolute Gasteiger partial charge is 0.0771 e. The molecule has 1 aliphatic heterocycles. The lowest BCUT2D eigenvalue weighted by Crippen LogP contribution is -2.15. The molecule has 0 aromatic carbocycles. The summed E-state index contributed by atoms with van der Waals surface area (Å²) >= 11 is 0. The minimum atomic E-state index is 0.330. The van der Waals surface area contributed by atoms with Crippen LogP contribution in [0.25, 0.3) is 0 Å². The molecule has 114 valence electrons. The molecule has 3 rings (SSSR count). The molecule has 1 aliphatic rings. The molecule has 1 N–H and O–H groups in total. The summed E-state index contributed by atoms with van der Waals surface area (Å²) in [4.78, 5) is 0. The van der Waals surface area contributed by atoms with Gasteiger partial charge >= 0.3 is 0 Å². The highest BCUT2D eigenvalue weighted by Crippen LogP contribution is 2.17. The van der Waals surface area contributed by atoms with E-state index in [1.807, 2.05) is 10.9 Å². The van der Waals surface area contributed by atoms with Gasteiger partial charge in [0.25, 0.3) is 0 Å². The molecule has 1 unspecified atom stereocenters. The average Bonchev–Trinajstić information content (AvgIpc) is 3.17. The van der Waals surface area contributed by atoms with E-state index < -0.39 is 0 Å². The zero-order chi connectivity index (χ0) is 14.8. The maximum atomic E-state index is 5.64. The second-order valence-corrected chi connectivity index (χ2v) is 5.90. The maximum absolute atomic E-state index is 5.64. The Labute approximate surface area is 125 Å². The third kappa shape index (κ3) is 3.13. The number of nitrogens with zero attached hydrogens (tertiary/aromatic N) is 3. The van der Waals surface area contributed by atoms with Gasteiger partial charge in [-0.2, -0.15) is 5.10 Å². The molecule has 2 aromatic heterocycles. The minimum absolute atomic E-state index is 0.330. The Kier molecular flexibility index (Phi) is 4.01. The van der Waals surface area contributed by atoms with Crippen LogP contribution in [0, 0.1) is 13.8 Å². The van der Waals surface area contributed by atoms with Gasteiger partial charge in [0.2, 0.25) is 0 Å². The van der Waals surface area contributed by atoms with Gasteiger partial charge in [0.05, 0.1) is 24.5 Å². The topological polar surface area (TPSA) is 44.0 Å². The summed E-state index contributed by atoms with van der Waals surface area (Å²) in [5.74, 6) is 0. The van der Waals surface area contributed by atoms with Crippen LogP contribution in [0.15, 0.2) is 18.5 Å². The predicted molar refractivity (Wildman–Crippen MR) is 83.4 cm³/mol. The van der Waals surface area contributed by atoms with Crippen molar-refractivity contribution in [2.45, 2.75) is 45.9 Å². The molecule has 1 fully saturated rings. The van der Waals surface area contributed by atoms with E-state index in [0.29, 0.717) is 6.10 Å². The van der Waals surface area contributed by atoms with Gasteiger partial charge in [-0.05, 0) is 38.3 Å². The van der Waals surface area contributed by atoms with Crippen LogP contribution in [0.2, 0.25) is 0 Å². The molecular weight excluding hydrogens is 264 g/mol. The zero-order valence-electron chi connectivity index (χ0n) is 13.1. The molecule has 1 saturated heterocycles. The molecule has 0 spiro atoms. The van der Waals surface area contributed by atoms with Crippen molar-refractivity contribution < 1.29 is 4.74 Å². The Morgan fingerprint density at radius 1 is 1.43 bits per heavy atom. The molecule has 0 amide bonds. The second kappa shape index (κ2) is 5.93. The summed E-state index contributed by atoms with van der Waals surface area (Å²) < 4.78 is 9.84. The summed E-state index contributed by atoms with van der Waals surface area (Å²) in [5.41, 5.74) is 5.00. The van der Waals surface area contributed by atoms with Crippen molar-refractivity contribution in [1.29, 1.82) is 0 Å². The van der Waals surface area contributed by atoms with Gasteiger partial charge in [-0.15, -0.1) is 0 Å². The predicted octanol–water partition coefficient (Wildman–Crippen LogP) is 2.63. The zero-order valence-corrected chi connectivity index (χ0v) is 13.1. The van der Waals surface area contributed by atoms with Gasteiger partial charge in [-0.1, -0.05) is 0 Å². The molecule has 0 aliphatic carbocycles. The molecule has 0 saturated carbocycles. The first kappa shape index (κ1) is 14.2. The van der Waals surface area contributed by atoms with Crippen LogP contribution in [0.4, 0.5) is 5.69 Å². The number of nitrogens with one attached hydrogen (secondary N) is 1. The van der Waals surface area contributed by atoms with E-state index >= 15 is 0 Å². The molecule has 2 aromatic rings. The van der Waals surface area contributed by atoms with E-state index in [9.17, 15) is 0 Å². The van der Waals surface area contributed by atoms with Crippen LogP contribution in [-0.4, -0.2) is 27.1 Å². The van der Waals surface area contributed by atoms with Gasteiger partial charge in [-0.3, -0.25) is 4.68 Å². The summed E-state index contributed by atoms with van der Waals surface area (Å²) in [5, 5.41) is 7.86. The fourth-order valence-corrected chi connectivity index (χ4v) is 2.86. The fourth-order valence-electron chi connectivity index (χ4n) is 2.86. The molecular formula is C16H24N4O. The molecule has 5 heteroatoms. The van der Waals surface area contributed by atoms with Gasteiger partial charge in [0, 0.05) is 37.8 Å². The second-order valence-electron chi connectivity index (χ2n) is 5.90. The van der Waals surface area contributed by atoms with Crippen molar-refractivity contribution in [1.82, 2.24) is 14.3 Å². The average molecular weight is 288 g/mol. The number of anilines is 1. The van der Waals surface area contributed by atoms with Crippen LogP contribution in [0.3, 0.4) is 0 Å². The molecule has 21 heavy (non-hydrogen) atoms. The summed E-state index contributed by atoms with van der Waals surface area (Å²) in [7, 11) is 2.10. The van der Waals surface area contributed by atoms with Crippen LogP contribution in [-0.2, 0) is 24.9 Å². The van der Waals surface area contributed by atoms with E-state index in [1.54, 1.807) is 0 Å². The Bertz CT molecular complexity index is 608. The van der Waals surface area contributed by atoms with E-state index in [0.717, 1.165) is 31.8 Å². The third-order valence-electron chi connectivity index (χ3n) is 4.41. The lowest BCUT2D eigenvalue weighted by atomic mass is 10.2. The highest BCUT2D eigenvalue weighted by atomic mass is 16.5. The lowest BCUT2D eigenvalue weighted by Gasteiger charge is -2.08. The van der Waals surface area contributed by atoms with E-state index in [2.05, 4.69) is 48.1 Å². The number of aromatic nitrogens is 3. The molecule has 0 radical (unpaired) electrons. The Morgan fingerprint density at radius 2 is 2.29 bits per heavy atom. The van der Waals surface area contributed by atoms with E-state index in [-0.39, 0.29) is 0 Å². The molecule has 3 heterocycles. The van der Waals surface area contributed by atoms with Crippen molar-refractivity contribution >= 4 is 5.69 Å². The largest absolute Gasteiger partial charge is 0.378 e. The van der Waals surface area contributed by atoms with Crippen molar-refractivity contribution in [2.24, 2.45) is 7.05 Å². The first-order valence-electron chi connectivity index (χ1n) is 7.63. The van der Waals surface area contributed by atoms with Gasteiger partial charge in [0.1, 0.15) is 0 Å². The van der Waals surface area contributed by atoms with Crippen molar-refractivity contribution in [3.63, 3.8) is 0 Å². The van der Waals surface area contributed by atoms with Crippen molar-refractivity contribution in [3.05, 3.63) is 35.4 Å². The van der Waals surface area contributed by atoms with Crippen LogP contribution >= 0.6 is 0 Å². The highest BCUT2D eigenvalue weighted by Gasteiger charge is 2.16. The van der Waals surface area contributed by atoms with Gasteiger partial charge < -0.3 is 14.6 Å². The van der Waals surface area contributed by atoms with Crippen LogP contribution in [0.5, 0.6) is 0 Å². The van der Waals surface area contributed by atoms with Crippen molar-refractivity contribution in [2.75, 3.05) is 11.9 Å². The molecule has 0 bridgehead atoms.